The van der Waals surface area contributed by atoms with Gasteiger partial charge in [-0.3, -0.25) is 14.4 Å². The number of carbonyl (C=O) groups is 3. The zero-order valence-corrected chi connectivity index (χ0v) is 19.8. The van der Waals surface area contributed by atoms with Gasteiger partial charge in [0.15, 0.2) is 0 Å². The molecule has 2 aliphatic heterocycles. The van der Waals surface area contributed by atoms with Crippen molar-refractivity contribution in [1.29, 1.82) is 0 Å². The highest BCUT2D eigenvalue weighted by Crippen LogP contribution is 2.33. The first-order valence-corrected chi connectivity index (χ1v) is 11.2. The summed E-state index contributed by atoms with van der Waals surface area (Å²) in [6.45, 7) is 5.33. The lowest BCUT2D eigenvalue weighted by Crippen LogP contribution is -2.29. The van der Waals surface area contributed by atoms with Crippen molar-refractivity contribution in [2.75, 3.05) is 21.3 Å². The molecule has 0 fully saturated rings. The third-order valence-electron chi connectivity index (χ3n) is 5.59. The molecule has 10 heteroatoms. The summed E-state index contributed by atoms with van der Waals surface area (Å²) in [5, 5.41) is 10.4. The van der Waals surface area contributed by atoms with Gasteiger partial charge < -0.3 is 21.3 Å². The van der Waals surface area contributed by atoms with E-state index in [4.69, 9.17) is 0 Å². The SMILES string of the molecule is C=C1Cc2ccc(-c3cccc(NC(=O)C(F)(F)F)c3)cc2N1.CC(=O)Nc1ccc2c(c1)NC(=O)C2. The molecule has 3 aromatic rings. The van der Waals surface area contributed by atoms with E-state index in [1.54, 1.807) is 24.3 Å². The highest BCUT2D eigenvalue weighted by atomic mass is 19.4. The van der Waals surface area contributed by atoms with Crippen LogP contribution in [0.2, 0.25) is 0 Å². The second kappa shape index (κ2) is 10.2. The molecule has 0 radical (unpaired) electrons. The number of amides is 3. The molecule has 190 valence electrons. The van der Waals surface area contributed by atoms with Crippen LogP contribution in [0.1, 0.15) is 18.1 Å². The van der Waals surface area contributed by atoms with Gasteiger partial charge in [-0.05, 0) is 52.6 Å². The third-order valence-corrected chi connectivity index (χ3v) is 5.59. The van der Waals surface area contributed by atoms with Gasteiger partial charge in [0.1, 0.15) is 0 Å². The number of nitrogens with one attached hydrogen (secondary N) is 4. The summed E-state index contributed by atoms with van der Waals surface area (Å²) in [5.74, 6) is -2.10. The summed E-state index contributed by atoms with van der Waals surface area (Å²) >= 11 is 0. The average molecular weight is 509 g/mol. The Bertz CT molecular complexity index is 1420. The van der Waals surface area contributed by atoms with Gasteiger partial charge in [-0.1, -0.05) is 36.9 Å². The number of hydrogen-bond donors (Lipinski definition) is 4. The van der Waals surface area contributed by atoms with E-state index in [0.29, 0.717) is 17.7 Å². The van der Waals surface area contributed by atoms with Crippen molar-refractivity contribution in [3.8, 4) is 11.1 Å². The zero-order chi connectivity index (χ0) is 26.7. The predicted octanol–water partition coefficient (Wildman–Crippen LogP) is 5.48. The van der Waals surface area contributed by atoms with Crippen LogP contribution in [0, 0.1) is 0 Å². The fourth-order valence-corrected chi connectivity index (χ4v) is 3.96. The minimum Gasteiger partial charge on any atom is -0.359 e. The standard InChI is InChI=1S/C17H13F3N2O.C10H10N2O2/c1-10-7-13-6-5-12(9-15(13)21-10)11-3-2-4-14(8-11)22-16(23)17(18,19)20;1-6(13)11-8-3-2-7-4-10(14)12-9(7)5-8/h2-6,8-9,21H,1,7H2,(H,22,23);2-3,5H,4H2,1H3,(H,11,13)(H,12,14). The lowest BCUT2D eigenvalue weighted by molar-refractivity contribution is -0.167. The summed E-state index contributed by atoms with van der Waals surface area (Å²) in [6, 6.07) is 17.5. The molecule has 0 aliphatic carbocycles. The number of rotatable bonds is 3. The lowest BCUT2D eigenvalue weighted by atomic mass is 10.0. The van der Waals surface area contributed by atoms with E-state index in [2.05, 4.69) is 22.5 Å². The molecule has 3 aromatic carbocycles. The van der Waals surface area contributed by atoms with Gasteiger partial charge in [0.05, 0.1) is 6.42 Å². The van der Waals surface area contributed by atoms with E-state index in [-0.39, 0.29) is 17.5 Å². The normalized spacial score (nSPS) is 13.4. The van der Waals surface area contributed by atoms with Crippen LogP contribution < -0.4 is 21.3 Å². The lowest BCUT2D eigenvalue weighted by Gasteiger charge is -2.10. The summed E-state index contributed by atoms with van der Waals surface area (Å²) in [4.78, 5) is 32.8. The van der Waals surface area contributed by atoms with Crippen LogP contribution in [0.4, 0.5) is 35.9 Å². The first kappa shape index (κ1) is 25.5. The summed E-state index contributed by atoms with van der Waals surface area (Å²) < 4.78 is 36.9. The minimum absolute atomic E-state index is 0.0000231. The summed E-state index contributed by atoms with van der Waals surface area (Å²) in [6.07, 6.45) is -3.72. The number of carbonyl (C=O) groups excluding carboxylic acids is 3. The number of allylic oxidation sites excluding steroid dienone is 1. The van der Waals surface area contributed by atoms with Gasteiger partial charge >= 0.3 is 12.1 Å². The third kappa shape index (κ3) is 6.35. The van der Waals surface area contributed by atoms with Gasteiger partial charge in [-0.25, -0.2) is 0 Å². The van der Waals surface area contributed by atoms with Crippen LogP contribution >= 0.6 is 0 Å². The maximum Gasteiger partial charge on any atom is 0.471 e. The first-order chi connectivity index (χ1) is 17.5. The Balaban J connectivity index is 0.000000195. The van der Waals surface area contributed by atoms with Crippen LogP contribution in [0.3, 0.4) is 0 Å². The Labute approximate surface area is 210 Å². The van der Waals surface area contributed by atoms with Gasteiger partial charge in [0.25, 0.3) is 0 Å². The van der Waals surface area contributed by atoms with Crippen LogP contribution in [0.25, 0.3) is 11.1 Å². The van der Waals surface area contributed by atoms with E-state index < -0.39 is 12.1 Å². The molecule has 4 N–H and O–H groups in total. The van der Waals surface area contributed by atoms with Crippen LogP contribution in [-0.4, -0.2) is 23.9 Å². The monoisotopic (exact) mass is 508 g/mol. The van der Waals surface area contributed by atoms with Crippen molar-refractivity contribution >= 4 is 40.5 Å². The molecule has 0 saturated carbocycles. The molecular formula is C27H23F3N4O3. The average Bonchev–Trinajstić information content (AvgIpc) is 3.38. The Morgan fingerprint density at radius 3 is 2.22 bits per heavy atom. The summed E-state index contributed by atoms with van der Waals surface area (Å²) in [5.41, 5.74) is 7.11. The van der Waals surface area contributed by atoms with Gasteiger partial charge in [-0.2, -0.15) is 13.2 Å². The Kier molecular flexibility index (Phi) is 7.01. The van der Waals surface area contributed by atoms with Gasteiger partial charge in [-0.15, -0.1) is 0 Å². The minimum atomic E-state index is -4.91. The number of alkyl halides is 3. The Morgan fingerprint density at radius 2 is 1.49 bits per heavy atom. The highest BCUT2D eigenvalue weighted by Gasteiger charge is 2.38. The number of fused-ring (bicyclic) bond motifs is 2. The smallest absolute Gasteiger partial charge is 0.359 e. The number of hydrogen-bond acceptors (Lipinski definition) is 4. The number of anilines is 4. The molecule has 7 nitrogen and oxygen atoms in total. The van der Waals surface area contributed by atoms with E-state index in [9.17, 15) is 27.6 Å². The van der Waals surface area contributed by atoms with Crippen molar-refractivity contribution in [3.63, 3.8) is 0 Å². The topological polar surface area (TPSA) is 99.3 Å². The molecule has 5 rings (SSSR count). The second-order valence-corrected chi connectivity index (χ2v) is 8.59. The quantitative estimate of drug-likeness (QED) is 0.377. The molecule has 2 aliphatic rings. The Hall–Kier alpha value is -4.60. The molecule has 0 bridgehead atoms. The molecule has 37 heavy (non-hydrogen) atoms. The molecule has 2 heterocycles. The van der Waals surface area contributed by atoms with Crippen molar-refractivity contribution in [2.24, 2.45) is 0 Å². The first-order valence-electron chi connectivity index (χ1n) is 11.2. The Morgan fingerprint density at radius 1 is 0.838 bits per heavy atom. The molecule has 0 unspecified atom stereocenters. The van der Waals surface area contributed by atoms with Crippen molar-refractivity contribution in [1.82, 2.24) is 0 Å². The zero-order valence-electron chi connectivity index (χ0n) is 19.8. The maximum atomic E-state index is 12.3. The predicted molar refractivity (Wildman–Crippen MR) is 136 cm³/mol. The largest absolute Gasteiger partial charge is 0.471 e. The number of halogens is 3. The summed E-state index contributed by atoms with van der Waals surface area (Å²) in [7, 11) is 0. The van der Waals surface area contributed by atoms with E-state index in [1.807, 2.05) is 29.6 Å². The molecule has 0 aromatic heterocycles. The van der Waals surface area contributed by atoms with Crippen molar-refractivity contribution in [3.05, 3.63) is 84.1 Å². The fraction of sp³-hybridized carbons (Fsp3) is 0.148. The molecule has 0 spiro atoms. The van der Waals surface area contributed by atoms with E-state index >= 15 is 0 Å². The van der Waals surface area contributed by atoms with Crippen LogP contribution in [0.15, 0.2) is 72.9 Å². The molecule has 0 atom stereocenters. The van der Waals surface area contributed by atoms with Gasteiger partial charge in [0.2, 0.25) is 11.8 Å². The number of benzene rings is 3. The van der Waals surface area contributed by atoms with Crippen molar-refractivity contribution in [2.45, 2.75) is 25.9 Å². The van der Waals surface area contributed by atoms with Crippen LogP contribution in [-0.2, 0) is 27.2 Å². The fourth-order valence-electron chi connectivity index (χ4n) is 3.96. The molecule has 3 amide bonds. The molecule has 0 saturated heterocycles. The second-order valence-electron chi connectivity index (χ2n) is 8.59. The highest BCUT2D eigenvalue weighted by molar-refractivity contribution is 6.00. The van der Waals surface area contributed by atoms with Crippen LogP contribution in [0.5, 0.6) is 0 Å². The van der Waals surface area contributed by atoms with E-state index in [1.165, 1.54) is 19.1 Å². The van der Waals surface area contributed by atoms with Crippen molar-refractivity contribution < 1.29 is 27.6 Å². The maximum absolute atomic E-state index is 12.3. The molecular weight excluding hydrogens is 485 g/mol. The van der Waals surface area contributed by atoms with E-state index in [0.717, 1.165) is 40.2 Å². The van der Waals surface area contributed by atoms with Gasteiger partial charge in [0, 0.05) is 41.8 Å².